The van der Waals surface area contributed by atoms with Gasteiger partial charge in [-0.25, -0.2) is 0 Å². The van der Waals surface area contributed by atoms with Crippen molar-refractivity contribution in [2.75, 3.05) is 6.54 Å². The third-order valence-corrected chi connectivity index (χ3v) is 3.39. The van der Waals surface area contributed by atoms with E-state index in [0.29, 0.717) is 5.56 Å². The van der Waals surface area contributed by atoms with E-state index in [1.54, 1.807) is 0 Å². The number of nitriles is 1. The first kappa shape index (κ1) is 16.3. The van der Waals surface area contributed by atoms with Gasteiger partial charge >= 0.3 is 0 Å². The van der Waals surface area contributed by atoms with Crippen molar-refractivity contribution in [1.29, 1.82) is 5.26 Å². The molecule has 1 fully saturated rings. The Kier molecular flexibility index (Phi) is 4.79. The van der Waals surface area contributed by atoms with Crippen LogP contribution in [0.3, 0.4) is 0 Å². The molecule has 7 heteroatoms. The lowest BCUT2D eigenvalue weighted by Gasteiger charge is -2.27. The standard InChI is InChI=1S/C16H11N3O3S/c1-2-7-19-15(22)12(14(21)18-16(19)23)8-13(20)11-5-3-10(9-17)4-6-11/h2-6,8H,1,7H2,(H,18,21,23)/b12-8+. The Balaban J connectivity index is 2.31. The summed E-state index contributed by atoms with van der Waals surface area (Å²) in [7, 11) is 0. The molecular weight excluding hydrogens is 314 g/mol. The van der Waals surface area contributed by atoms with Crippen LogP contribution in [0.15, 0.2) is 48.6 Å². The van der Waals surface area contributed by atoms with Crippen molar-refractivity contribution >= 4 is 34.9 Å². The molecule has 1 saturated heterocycles. The van der Waals surface area contributed by atoms with Crippen LogP contribution in [0.1, 0.15) is 15.9 Å². The molecule has 0 radical (unpaired) electrons. The summed E-state index contributed by atoms with van der Waals surface area (Å²) in [6.45, 7) is 3.64. The average Bonchev–Trinajstić information content (AvgIpc) is 2.55. The first-order valence-electron chi connectivity index (χ1n) is 6.52. The van der Waals surface area contributed by atoms with Crippen molar-refractivity contribution < 1.29 is 14.4 Å². The Hall–Kier alpha value is -3.11. The summed E-state index contributed by atoms with van der Waals surface area (Å²) in [6.07, 6.45) is 2.43. The molecular formula is C16H11N3O3S. The van der Waals surface area contributed by atoms with Crippen LogP contribution < -0.4 is 5.32 Å². The van der Waals surface area contributed by atoms with Gasteiger partial charge in [0.25, 0.3) is 11.8 Å². The van der Waals surface area contributed by atoms with Crippen LogP contribution in [-0.2, 0) is 9.59 Å². The number of carbonyl (C=O) groups excluding carboxylic acids is 3. The zero-order chi connectivity index (χ0) is 17.0. The fraction of sp³-hybridized carbons (Fsp3) is 0.0625. The first-order valence-corrected chi connectivity index (χ1v) is 6.93. The monoisotopic (exact) mass is 325 g/mol. The van der Waals surface area contributed by atoms with Crippen molar-refractivity contribution in [1.82, 2.24) is 10.2 Å². The topological polar surface area (TPSA) is 90.3 Å². The Morgan fingerprint density at radius 1 is 1.35 bits per heavy atom. The maximum atomic E-state index is 12.3. The lowest BCUT2D eigenvalue weighted by atomic mass is 10.0. The summed E-state index contributed by atoms with van der Waals surface area (Å²) >= 11 is 4.92. The third-order valence-electron chi connectivity index (χ3n) is 3.07. The molecule has 0 atom stereocenters. The predicted molar refractivity (Wildman–Crippen MR) is 86.2 cm³/mol. The molecule has 0 spiro atoms. The predicted octanol–water partition coefficient (Wildman–Crippen LogP) is 1.10. The van der Waals surface area contributed by atoms with Crippen LogP contribution in [0.5, 0.6) is 0 Å². The Morgan fingerprint density at radius 2 is 2.00 bits per heavy atom. The molecule has 1 N–H and O–H groups in total. The number of amides is 2. The number of ketones is 1. The highest BCUT2D eigenvalue weighted by Crippen LogP contribution is 2.12. The number of hydrogen-bond acceptors (Lipinski definition) is 5. The van der Waals surface area contributed by atoms with E-state index in [4.69, 9.17) is 17.5 Å². The third kappa shape index (κ3) is 3.39. The van der Waals surface area contributed by atoms with E-state index in [0.717, 1.165) is 11.0 Å². The van der Waals surface area contributed by atoms with E-state index < -0.39 is 17.6 Å². The molecule has 0 aliphatic carbocycles. The second-order valence-electron chi connectivity index (χ2n) is 4.58. The molecule has 23 heavy (non-hydrogen) atoms. The van der Waals surface area contributed by atoms with Gasteiger partial charge in [0.2, 0.25) is 0 Å². The normalized spacial score (nSPS) is 16.0. The number of rotatable bonds is 4. The van der Waals surface area contributed by atoms with Gasteiger partial charge in [-0.15, -0.1) is 6.58 Å². The summed E-state index contributed by atoms with van der Waals surface area (Å²) in [5.41, 5.74) is 0.374. The van der Waals surface area contributed by atoms with Crippen LogP contribution in [-0.4, -0.2) is 34.2 Å². The summed E-state index contributed by atoms with van der Waals surface area (Å²) in [5.74, 6) is -1.89. The van der Waals surface area contributed by atoms with Gasteiger partial charge in [-0.1, -0.05) is 6.08 Å². The van der Waals surface area contributed by atoms with Gasteiger partial charge in [-0.3, -0.25) is 24.6 Å². The first-order chi connectivity index (χ1) is 11.0. The fourth-order valence-corrected chi connectivity index (χ4v) is 2.16. The molecule has 1 heterocycles. The summed E-state index contributed by atoms with van der Waals surface area (Å²) in [6, 6.07) is 7.80. The quantitative estimate of drug-likeness (QED) is 0.294. The smallest absolute Gasteiger partial charge is 0.266 e. The second-order valence-corrected chi connectivity index (χ2v) is 4.96. The highest BCUT2D eigenvalue weighted by atomic mass is 32.1. The van der Waals surface area contributed by atoms with E-state index in [-0.39, 0.29) is 22.8 Å². The van der Waals surface area contributed by atoms with Crippen LogP contribution in [0.25, 0.3) is 0 Å². The van der Waals surface area contributed by atoms with Gasteiger partial charge in [0.1, 0.15) is 5.57 Å². The number of nitrogens with zero attached hydrogens (tertiary/aromatic N) is 2. The molecule has 0 saturated carbocycles. The van der Waals surface area contributed by atoms with Crippen LogP contribution in [0, 0.1) is 11.3 Å². The molecule has 0 aromatic heterocycles. The number of thiocarbonyl (C=S) groups is 1. The largest absolute Gasteiger partial charge is 0.298 e. The minimum Gasteiger partial charge on any atom is -0.298 e. The van der Waals surface area contributed by atoms with Crippen molar-refractivity contribution in [3.05, 3.63) is 59.7 Å². The van der Waals surface area contributed by atoms with Crippen LogP contribution >= 0.6 is 12.2 Å². The van der Waals surface area contributed by atoms with E-state index in [1.165, 1.54) is 30.3 Å². The van der Waals surface area contributed by atoms with E-state index in [9.17, 15) is 14.4 Å². The van der Waals surface area contributed by atoms with Crippen molar-refractivity contribution in [2.24, 2.45) is 0 Å². The molecule has 1 aliphatic rings. The SMILES string of the molecule is C=CCN1C(=O)/C(=C/C(=O)c2ccc(C#N)cc2)C(=O)NC1=S. The summed E-state index contributed by atoms with van der Waals surface area (Å²) < 4.78 is 0. The molecule has 114 valence electrons. The van der Waals surface area contributed by atoms with Gasteiger partial charge in [0, 0.05) is 18.2 Å². The van der Waals surface area contributed by atoms with E-state index >= 15 is 0 Å². The van der Waals surface area contributed by atoms with Crippen LogP contribution in [0.4, 0.5) is 0 Å². The second kappa shape index (κ2) is 6.77. The zero-order valence-corrected chi connectivity index (χ0v) is 12.7. The molecule has 0 bridgehead atoms. The molecule has 6 nitrogen and oxygen atoms in total. The fourth-order valence-electron chi connectivity index (χ4n) is 1.91. The van der Waals surface area contributed by atoms with Gasteiger partial charge in [-0.2, -0.15) is 5.26 Å². The molecule has 0 unspecified atom stereocenters. The van der Waals surface area contributed by atoms with Gasteiger partial charge < -0.3 is 0 Å². The molecule has 2 rings (SSSR count). The molecule has 1 aromatic rings. The van der Waals surface area contributed by atoms with Gasteiger partial charge in [0.05, 0.1) is 11.6 Å². The zero-order valence-electron chi connectivity index (χ0n) is 11.9. The van der Waals surface area contributed by atoms with Gasteiger partial charge in [0.15, 0.2) is 10.9 Å². The maximum Gasteiger partial charge on any atom is 0.266 e. The van der Waals surface area contributed by atoms with E-state index in [2.05, 4.69) is 11.9 Å². The average molecular weight is 325 g/mol. The summed E-state index contributed by atoms with van der Waals surface area (Å²) in [4.78, 5) is 37.5. The Bertz CT molecular complexity index is 788. The summed E-state index contributed by atoms with van der Waals surface area (Å²) in [5, 5.41) is 11.1. The lowest BCUT2D eigenvalue weighted by molar-refractivity contribution is -0.128. The van der Waals surface area contributed by atoms with Crippen molar-refractivity contribution in [2.45, 2.75) is 0 Å². The molecule has 2 amide bonds. The highest BCUT2D eigenvalue weighted by molar-refractivity contribution is 7.80. The highest BCUT2D eigenvalue weighted by Gasteiger charge is 2.33. The van der Waals surface area contributed by atoms with E-state index in [1.807, 2.05) is 6.07 Å². The minimum absolute atomic E-state index is 0.0251. The Morgan fingerprint density at radius 3 is 2.57 bits per heavy atom. The molecule has 1 aliphatic heterocycles. The number of hydrogen-bond donors (Lipinski definition) is 1. The number of nitrogens with one attached hydrogen (secondary N) is 1. The van der Waals surface area contributed by atoms with Crippen molar-refractivity contribution in [3.63, 3.8) is 0 Å². The maximum absolute atomic E-state index is 12.3. The minimum atomic E-state index is -0.720. The number of allylic oxidation sites excluding steroid dienone is 1. The number of benzene rings is 1. The van der Waals surface area contributed by atoms with Crippen molar-refractivity contribution in [3.8, 4) is 6.07 Å². The van der Waals surface area contributed by atoms with Gasteiger partial charge in [-0.05, 0) is 36.5 Å². The number of carbonyl (C=O) groups is 3. The molecule has 1 aromatic carbocycles. The lowest BCUT2D eigenvalue weighted by Crippen LogP contribution is -2.54. The Labute approximate surface area is 137 Å². The van der Waals surface area contributed by atoms with Crippen LogP contribution in [0.2, 0.25) is 0 Å².